The molecule has 1 fully saturated rings. The van der Waals surface area contributed by atoms with Crippen LogP contribution in [0.25, 0.3) is 0 Å². The van der Waals surface area contributed by atoms with Crippen LogP contribution in [0.2, 0.25) is 0 Å². The highest BCUT2D eigenvalue weighted by Gasteiger charge is 2.34. The van der Waals surface area contributed by atoms with Crippen molar-refractivity contribution in [3.8, 4) is 0 Å². The van der Waals surface area contributed by atoms with E-state index in [9.17, 15) is 9.59 Å². The first-order valence-corrected chi connectivity index (χ1v) is 9.11. The van der Waals surface area contributed by atoms with Gasteiger partial charge in [0.05, 0.1) is 11.6 Å². The molecular formula is C20H30N2O4. The van der Waals surface area contributed by atoms with Crippen LogP contribution >= 0.6 is 0 Å². The lowest BCUT2D eigenvalue weighted by atomic mass is 9.99. The Morgan fingerprint density at radius 3 is 2.54 bits per heavy atom. The van der Waals surface area contributed by atoms with Gasteiger partial charge in [-0.05, 0) is 44.4 Å². The van der Waals surface area contributed by atoms with E-state index in [0.29, 0.717) is 24.6 Å². The number of hydrogen-bond acceptors (Lipinski definition) is 4. The Hall–Kier alpha value is -2.08. The van der Waals surface area contributed by atoms with Crippen LogP contribution in [0.5, 0.6) is 0 Å². The monoisotopic (exact) mass is 362 g/mol. The zero-order chi connectivity index (χ0) is 19.5. The van der Waals surface area contributed by atoms with Gasteiger partial charge in [0.2, 0.25) is 0 Å². The first-order valence-electron chi connectivity index (χ1n) is 9.11. The summed E-state index contributed by atoms with van der Waals surface area (Å²) in [7, 11) is 0. The second-order valence-corrected chi connectivity index (χ2v) is 8.23. The molecule has 2 rings (SSSR count). The number of ether oxygens (including phenoxy) is 1. The lowest BCUT2D eigenvalue weighted by molar-refractivity contribution is -0.0106. The maximum absolute atomic E-state index is 12.5. The van der Waals surface area contributed by atoms with Gasteiger partial charge in [0, 0.05) is 26.2 Å². The summed E-state index contributed by atoms with van der Waals surface area (Å²) in [5.41, 5.74) is 0.765. The largest absolute Gasteiger partial charge is 0.478 e. The van der Waals surface area contributed by atoms with Gasteiger partial charge in [0.15, 0.2) is 0 Å². The summed E-state index contributed by atoms with van der Waals surface area (Å²) in [6.45, 7) is 12.6. The van der Waals surface area contributed by atoms with Gasteiger partial charge < -0.3 is 14.7 Å². The van der Waals surface area contributed by atoms with Gasteiger partial charge in [-0.1, -0.05) is 26.0 Å². The lowest BCUT2D eigenvalue weighted by Crippen LogP contribution is -2.57. The molecule has 1 aromatic carbocycles. The Bertz CT molecular complexity index is 651. The van der Waals surface area contributed by atoms with Crippen molar-refractivity contribution in [1.82, 2.24) is 9.80 Å². The predicted octanol–water partition coefficient (Wildman–Crippen LogP) is 3.46. The Labute approximate surface area is 155 Å². The third kappa shape index (κ3) is 5.46. The van der Waals surface area contributed by atoms with Gasteiger partial charge in [-0.15, -0.1) is 0 Å². The second kappa shape index (κ2) is 8.08. The lowest BCUT2D eigenvalue weighted by Gasteiger charge is -2.43. The Balaban J connectivity index is 2.06. The topological polar surface area (TPSA) is 70.1 Å². The number of nitrogens with zero attached hydrogens (tertiary/aromatic N) is 2. The third-order valence-corrected chi connectivity index (χ3v) is 4.48. The number of carbonyl (C=O) groups is 2. The Kier molecular flexibility index (Phi) is 6.29. The van der Waals surface area contributed by atoms with E-state index in [1.807, 2.05) is 31.7 Å². The fourth-order valence-corrected chi connectivity index (χ4v) is 3.19. The highest BCUT2D eigenvalue weighted by atomic mass is 16.6. The third-order valence-electron chi connectivity index (χ3n) is 4.48. The van der Waals surface area contributed by atoms with E-state index in [1.54, 1.807) is 18.2 Å². The van der Waals surface area contributed by atoms with E-state index in [1.165, 1.54) is 0 Å². The highest BCUT2D eigenvalue weighted by molar-refractivity contribution is 5.87. The standard InChI is InChI=1S/C20H30N2O4/c1-14(2)17-13-21(9-10-22(17)19(25)26-20(3,4)5)12-15-7-6-8-16(11-15)18(23)24/h6-8,11,14,17H,9-10,12-13H2,1-5H3,(H,23,24)/t17-/m0/s1. The molecule has 6 heteroatoms. The zero-order valence-corrected chi connectivity index (χ0v) is 16.4. The molecule has 1 aliphatic heterocycles. The maximum Gasteiger partial charge on any atom is 0.410 e. The van der Waals surface area contributed by atoms with Crippen LogP contribution in [-0.2, 0) is 11.3 Å². The molecule has 1 aliphatic rings. The normalized spacial score (nSPS) is 18.8. The van der Waals surface area contributed by atoms with Gasteiger partial charge >= 0.3 is 12.1 Å². The van der Waals surface area contributed by atoms with Gasteiger partial charge in [-0.25, -0.2) is 9.59 Å². The molecule has 1 saturated heterocycles. The van der Waals surface area contributed by atoms with Gasteiger partial charge in [0.1, 0.15) is 5.60 Å². The van der Waals surface area contributed by atoms with Gasteiger partial charge in [-0.3, -0.25) is 4.90 Å². The minimum Gasteiger partial charge on any atom is -0.478 e. The number of aromatic carboxylic acids is 1. The minimum absolute atomic E-state index is 0.0706. The van der Waals surface area contributed by atoms with Crippen molar-refractivity contribution in [3.05, 3.63) is 35.4 Å². The average molecular weight is 362 g/mol. The van der Waals surface area contributed by atoms with E-state index in [4.69, 9.17) is 9.84 Å². The molecule has 6 nitrogen and oxygen atoms in total. The molecule has 0 saturated carbocycles. The first-order chi connectivity index (χ1) is 12.1. The first kappa shape index (κ1) is 20.2. The molecule has 0 radical (unpaired) electrons. The SMILES string of the molecule is CC(C)[C@@H]1CN(Cc2cccc(C(=O)O)c2)CCN1C(=O)OC(C)(C)C. The van der Waals surface area contributed by atoms with E-state index >= 15 is 0 Å². The number of piperazine rings is 1. The molecule has 1 aromatic rings. The summed E-state index contributed by atoms with van der Waals surface area (Å²) in [6, 6.07) is 7.10. The van der Waals surface area contributed by atoms with Crippen LogP contribution in [-0.4, -0.2) is 58.2 Å². The predicted molar refractivity (Wildman–Crippen MR) is 100 cm³/mol. The molecule has 0 spiro atoms. The molecule has 1 heterocycles. The van der Waals surface area contributed by atoms with Crippen molar-refractivity contribution < 1.29 is 19.4 Å². The molecule has 0 aliphatic carbocycles. The molecule has 1 atom stereocenters. The summed E-state index contributed by atoms with van der Waals surface area (Å²) < 4.78 is 5.56. The van der Waals surface area contributed by atoms with Crippen molar-refractivity contribution in [3.63, 3.8) is 0 Å². The van der Waals surface area contributed by atoms with Crippen LogP contribution in [0, 0.1) is 5.92 Å². The smallest absolute Gasteiger partial charge is 0.410 e. The van der Waals surface area contributed by atoms with Crippen LogP contribution < -0.4 is 0 Å². The van der Waals surface area contributed by atoms with Crippen LogP contribution in [0.1, 0.15) is 50.5 Å². The molecule has 144 valence electrons. The summed E-state index contributed by atoms with van der Waals surface area (Å²) in [6.07, 6.45) is -0.260. The van der Waals surface area contributed by atoms with E-state index < -0.39 is 11.6 Å². The van der Waals surface area contributed by atoms with E-state index in [0.717, 1.165) is 18.7 Å². The molecule has 1 amide bonds. The number of carboxylic acid groups (broad SMARTS) is 1. The van der Waals surface area contributed by atoms with E-state index in [-0.39, 0.29) is 12.1 Å². The average Bonchev–Trinajstić information content (AvgIpc) is 2.53. The Morgan fingerprint density at radius 1 is 1.27 bits per heavy atom. The number of carboxylic acids is 1. The van der Waals surface area contributed by atoms with Crippen LogP contribution in [0.3, 0.4) is 0 Å². The number of rotatable bonds is 4. The van der Waals surface area contributed by atoms with Gasteiger partial charge in [-0.2, -0.15) is 0 Å². The Morgan fingerprint density at radius 2 is 1.96 bits per heavy atom. The van der Waals surface area contributed by atoms with Crippen molar-refractivity contribution in [2.45, 2.75) is 52.8 Å². The van der Waals surface area contributed by atoms with Crippen LogP contribution in [0.4, 0.5) is 4.79 Å². The number of hydrogen-bond donors (Lipinski definition) is 1. The molecule has 0 aromatic heterocycles. The molecule has 0 unspecified atom stereocenters. The van der Waals surface area contributed by atoms with Crippen molar-refractivity contribution in [2.75, 3.05) is 19.6 Å². The van der Waals surface area contributed by atoms with Crippen molar-refractivity contribution >= 4 is 12.1 Å². The summed E-state index contributed by atoms with van der Waals surface area (Å²) in [5, 5.41) is 9.15. The molecular weight excluding hydrogens is 332 g/mol. The maximum atomic E-state index is 12.5. The second-order valence-electron chi connectivity index (χ2n) is 8.23. The fraction of sp³-hybridized carbons (Fsp3) is 0.600. The van der Waals surface area contributed by atoms with Crippen molar-refractivity contribution in [2.24, 2.45) is 5.92 Å². The molecule has 26 heavy (non-hydrogen) atoms. The number of amides is 1. The quantitative estimate of drug-likeness (QED) is 0.888. The summed E-state index contributed by atoms with van der Waals surface area (Å²) >= 11 is 0. The highest BCUT2D eigenvalue weighted by Crippen LogP contribution is 2.22. The van der Waals surface area contributed by atoms with Crippen molar-refractivity contribution in [1.29, 1.82) is 0 Å². The molecule has 1 N–H and O–H groups in total. The summed E-state index contributed by atoms with van der Waals surface area (Å²) in [4.78, 5) is 27.8. The fourth-order valence-electron chi connectivity index (χ4n) is 3.19. The number of benzene rings is 1. The zero-order valence-electron chi connectivity index (χ0n) is 16.4. The van der Waals surface area contributed by atoms with Gasteiger partial charge in [0.25, 0.3) is 0 Å². The van der Waals surface area contributed by atoms with E-state index in [2.05, 4.69) is 18.7 Å². The molecule has 0 bridgehead atoms. The summed E-state index contributed by atoms with van der Waals surface area (Å²) in [5.74, 6) is -0.614. The number of carbonyl (C=O) groups excluding carboxylic acids is 1. The minimum atomic E-state index is -0.915. The van der Waals surface area contributed by atoms with Crippen LogP contribution in [0.15, 0.2) is 24.3 Å².